The molecule has 0 radical (unpaired) electrons. The number of nitrogens with one attached hydrogen (secondary N) is 1. The van der Waals surface area contributed by atoms with E-state index in [1.165, 1.54) is 0 Å². The van der Waals surface area contributed by atoms with Gasteiger partial charge in [0.2, 0.25) is 0 Å². The van der Waals surface area contributed by atoms with Gasteiger partial charge in [-0.15, -0.1) is 0 Å². The van der Waals surface area contributed by atoms with Crippen LogP contribution in [0.4, 0.5) is 5.82 Å². The van der Waals surface area contributed by atoms with Gasteiger partial charge in [0.15, 0.2) is 0 Å². The van der Waals surface area contributed by atoms with Gasteiger partial charge < -0.3 is 15.4 Å². The number of nitrogens with zero attached hydrogens (tertiary/aromatic N) is 2. The molecule has 0 saturated carbocycles. The van der Waals surface area contributed by atoms with Crippen molar-refractivity contribution in [1.29, 1.82) is 5.41 Å². The molecule has 1 aromatic rings. The molecule has 1 aromatic heterocycles. The van der Waals surface area contributed by atoms with Crippen LogP contribution < -0.4 is 10.6 Å². The summed E-state index contributed by atoms with van der Waals surface area (Å²) in [4.78, 5) is 6.18. The van der Waals surface area contributed by atoms with Crippen molar-refractivity contribution >= 4 is 11.7 Å². The standard InChI is InChI=1S/C10H16N4O/c1-14(5-6-15-2)9-4-3-8(7-13-9)10(11)12/h3-4,7H,5-6H2,1-2H3,(H3,11,12). The van der Waals surface area contributed by atoms with Crippen LogP contribution in [-0.4, -0.2) is 38.1 Å². The second-order valence-corrected chi connectivity index (χ2v) is 3.23. The number of anilines is 1. The summed E-state index contributed by atoms with van der Waals surface area (Å²) >= 11 is 0. The molecule has 0 atom stereocenters. The first-order valence-corrected chi connectivity index (χ1v) is 4.65. The van der Waals surface area contributed by atoms with Crippen LogP contribution in [0.2, 0.25) is 0 Å². The summed E-state index contributed by atoms with van der Waals surface area (Å²) in [5.74, 6) is 0.880. The predicted molar refractivity (Wildman–Crippen MR) is 60.4 cm³/mol. The van der Waals surface area contributed by atoms with Crippen molar-refractivity contribution < 1.29 is 4.74 Å². The van der Waals surface area contributed by atoms with Gasteiger partial charge in [-0.1, -0.05) is 0 Å². The normalized spacial score (nSPS) is 10.0. The molecule has 1 heterocycles. The first kappa shape index (κ1) is 11.5. The monoisotopic (exact) mass is 208 g/mol. The average molecular weight is 208 g/mol. The number of ether oxygens (including phenoxy) is 1. The number of hydrogen-bond acceptors (Lipinski definition) is 4. The maximum atomic E-state index is 7.23. The first-order valence-electron chi connectivity index (χ1n) is 4.65. The van der Waals surface area contributed by atoms with E-state index in [1.807, 2.05) is 18.0 Å². The van der Waals surface area contributed by atoms with Crippen LogP contribution in [-0.2, 0) is 4.74 Å². The number of amidine groups is 1. The Morgan fingerprint density at radius 2 is 2.33 bits per heavy atom. The molecule has 0 saturated heterocycles. The van der Waals surface area contributed by atoms with E-state index in [-0.39, 0.29) is 5.84 Å². The van der Waals surface area contributed by atoms with E-state index in [0.29, 0.717) is 12.2 Å². The molecule has 1 rings (SSSR count). The van der Waals surface area contributed by atoms with Crippen LogP contribution in [0.1, 0.15) is 5.56 Å². The van der Waals surface area contributed by atoms with Crippen molar-refractivity contribution in [2.45, 2.75) is 0 Å². The number of nitrogens with two attached hydrogens (primary N) is 1. The van der Waals surface area contributed by atoms with Gasteiger partial charge in [0.05, 0.1) is 6.61 Å². The van der Waals surface area contributed by atoms with Crippen molar-refractivity contribution in [2.75, 3.05) is 32.2 Å². The molecule has 0 spiro atoms. The highest BCUT2D eigenvalue weighted by atomic mass is 16.5. The average Bonchev–Trinajstić information content (AvgIpc) is 2.26. The van der Waals surface area contributed by atoms with Gasteiger partial charge >= 0.3 is 0 Å². The largest absolute Gasteiger partial charge is 0.384 e. The second-order valence-electron chi connectivity index (χ2n) is 3.23. The van der Waals surface area contributed by atoms with Gasteiger partial charge in [0, 0.05) is 32.5 Å². The van der Waals surface area contributed by atoms with Crippen molar-refractivity contribution in [3.63, 3.8) is 0 Å². The fourth-order valence-corrected chi connectivity index (χ4v) is 1.11. The van der Waals surface area contributed by atoms with Crippen molar-refractivity contribution in [1.82, 2.24) is 4.98 Å². The number of pyridine rings is 1. The van der Waals surface area contributed by atoms with Crippen molar-refractivity contribution in [3.05, 3.63) is 23.9 Å². The highest BCUT2D eigenvalue weighted by Crippen LogP contribution is 2.08. The maximum absolute atomic E-state index is 7.23. The molecule has 0 unspecified atom stereocenters. The van der Waals surface area contributed by atoms with Crippen LogP contribution in [0.5, 0.6) is 0 Å². The molecule has 0 fully saturated rings. The molecule has 0 aliphatic carbocycles. The lowest BCUT2D eigenvalue weighted by atomic mass is 10.2. The van der Waals surface area contributed by atoms with Gasteiger partial charge in [0.25, 0.3) is 0 Å². The van der Waals surface area contributed by atoms with Crippen LogP contribution in [0.25, 0.3) is 0 Å². The van der Waals surface area contributed by atoms with Crippen molar-refractivity contribution in [2.24, 2.45) is 5.73 Å². The van der Waals surface area contributed by atoms with E-state index in [0.717, 1.165) is 12.4 Å². The molecule has 0 bridgehead atoms. The minimum atomic E-state index is 0.0357. The van der Waals surface area contributed by atoms with Gasteiger partial charge in [-0.25, -0.2) is 4.98 Å². The van der Waals surface area contributed by atoms with E-state index in [1.54, 1.807) is 19.4 Å². The minimum Gasteiger partial charge on any atom is -0.384 e. The van der Waals surface area contributed by atoms with E-state index < -0.39 is 0 Å². The molecule has 5 nitrogen and oxygen atoms in total. The number of aromatic nitrogens is 1. The minimum absolute atomic E-state index is 0.0357. The summed E-state index contributed by atoms with van der Waals surface area (Å²) in [6.45, 7) is 1.44. The Labute approximate surface area is 89.4 Å². The van der Waals surface area contributed by atoms with Gasteiger partial charge in [-0.05, 0) is 12.1 Å². The zero-order chi connectivity index (χ0) is 11.3. The molecule has 0 aliphatic heterocycles. The van der Waals surface area contributed by atoms with Gasteiger partial charge in [0.1, 0.15) is 11.7 Å². The maximum Gasteiger partial charge on any atom is 0.128 e. The van der Waals surface area contributed by atoms with E-state index >= 15 is 0 Å². The molecule has 15 heavy (non-hydrogen) atoms. The number of methoxy groups -OCH3 is 1. The summed E-state index contributed by atoms with van der Waals surface area (Å²) in [6, 6.07) is 3.63. The lowest BCUT2D eigenvalue weighted by Crippen LogP contribution is -2.23. The predicted octanol–water partition coefficient (Wildman–Crippen LogP) is 0.448. The molecule has 0 aromatic carbocycles. The highest BCUT2D eigenvalue weighted by Gasteiger charge is 2.02. The Hall–Kier alpha value is -1.62. The molecular formula is C10H16N4O. The van der Waals surface area contributed by atoms with E-state index in [2.05, 4.69) is 4.98 Å². The van der Waals surface area contributed by atoms with Gasteiger partial charge in [-0.2, -0.15) is 0 Å². The topological polar surface area (TPSA) is 75.2 Å². The number of nitrogen functional groups attached to an aromatic ring is 1. The third kappa shape index (κ3) is 3.21. The zero-order valence-electron chi connectivity index (χ0n) is 9.03. The Kier molecular flexibility index (Phi) is 4.05. The first-order chi connectivity index (χ1) is 7.15. The SMILES string of the molecule is COCCN(C)c1ccc(C(=N)N)cn1. The highest BCUT2D eigenvalue weighted by molar-refractivity contribution is 5.94. The third-order valence-corrected chi connectivity index (χ3v) is 2.08. The molecule has 82 valence electrons. The van der Waals surface area contributed by atoms with Crippen LogP contribution >= 0.6 is 0 Å². The quantitative estimate of drug-likeness (QED) is 0.544. The molecule has 3 N–H and O–H groups in total. The Balaban J connectivity index is 2.66. The van der Waals surface area contributed by atoms with Crippen LogP contribution in [0, 0.1) is 5.41 Å². The second kappa shape index (κ2) is 5.31. The third-order valence-electron chi connectivity index (χ3n) is 2.08. The summed E-state index contributed by atoms with van der Waals surface area (Å²) < 4.78 is 4.97. The Morgan fingerprint density at radius 1 is 1.60 bits per heavy atom. The molecule has 0 aliphatic rings. The Morgan fingerprint density at radius 3 is 2.80 bits per heavy atom. The molecule has 0 amide bonds. The summed E-state index contributed by atoms with van der Waals surface area (Å²) in [7, 11) is 3.61. The fraction of sp³-hybridized carbons (Fsp3) is 0.400. The number of rotatable bonds is 5. The fourth-order valence-electron chi connectivity index (χ4n) is 1.11. The lowest BCUT2D eigenvalue weighted by molar-refractivity contribution is 0.206. The summed E-state index contributed by atoms with van der Waals surface area (Å²) in [5.41, 5.74) is 5.97. The molecule has 5 heteroatoms. The van der Waals surface area contributed by atoms with Crippen LogP contribution in [0.3, 0.4) is 0 Å². The molecular weight excluding hydrogens is 192 g/mol. The smallest absolute Gasteiger partial charge is 0.128 e. The summed E-state index contributed by atoms with van der Waals surface area (Å²) in [5, 5.41) is 7.23. The van der Waals surface area contributed by atoms with E-state index in [9.17, 15) is 0 Å². The van der Waals surface area contributed by atoms with Crippen molar-refractivity contribution in [3.8, 4) is 0 Å². The zero-order valence-corrected chi connectivity index (χ0v) is 9.03. The van der Waals surface area contributed by atoms with Crippen LogP contribution in [0.15, 0.2) is 18.3 Å². The number of hydrogen-bond donors (Lipinski definition) is 2. The summed E-state index contributed by atoms with van der Waals surface area (Å²) in [6.07, 6.45) is 1.60. The van der Waals surface area contributed by atoms with Gasteiger partial charge in [-0.3, -0.25) is 5.41 Å². The lowest BCUT2D eigenvalue weighted by Gasteiger charge is -2.17. The number of likely N-dealkylation sites (N-methyl/N-ethyl adjacent to an activating group) is 1. The Bertz CT molecular complexity index is 323. The van der Waals surface area contributed by atoms with E-state index in [4.69, 9.17) is 15.9 Å².